The molecular weight excluding hydrogens is 206 g/mol. The third-order valence-corrected chi connectivity index (χ3v) is 2.50. The zero-order valence-electron chi connectivity index (χ0n) is 7.44. The van der Waals surface area contributed by atoms with Crippen molar-refractivity contribution in [2.75, 3.05) is 12.3 Å². The number of carbonyl (C=O) groups excluding carboxylic acids is 1. The largest absolute Gasteiger partial charge is 0.477 e. The predicted molar refractivity (Wildman–Crippen MR) is 51.6 cm³/mol. The molecule has 6 heteroatoms. The van der Waals surface area contributed by atoms with Crippen LogP contribution in [0.5, 0.6) is 0 Å². The summed E-state index contributed by atoms with van der Waals surface area (Å²) < 4.78 is 4.70. The molecule has 0 aromatic carbocycles. The summed E-state index contributed by atoms with van der Waals surface area (Å²) >= 11 is 0.913. The van der Waals surface area contributed by atoms with Gasteiger partial charge in [-0.15, -0.1) is 11.3 Å². The Kier molecular flexibility index (Phi) is 3.08. The van der Waals surface area contributed by atoms with Crippen molar-refractivity contribution < 1.29 is 19.4 Å². The molecule has 0 saturated carbocycles. The second kappa shape index (κ2) is 4.10. The van der Waals surface area contributed by atoms with Gasteiger partial charge in [0.15, 0.2) is 0 Å². The maximum atomic E-state index is 11.2. The summed E-state index contributed by atoms with van der Waals surface area (Å²) in [5.74, 6) is -1.73. The number of thiophene rings is 1. The molecule has 3 N–H and O–H groups in total. The van der Waals surface area contributed by atoms with Gasteiger partial charge in [-0.1, -0.05) is 0 Å². The van der Waals surface area contributed by atoms with Gasteiger partial charge in [0.05, 0.1) is 17.9 Å². The van der Waals surface area contributed by atoms with Crippen molar-refractivity contribution in [2.45, 2.75) is 6.92 Å². The number of hydrogen-bond acceptors (Lipinski definition) is 5. The number of anilines is 1. The van der Waals surface area contributed by atoms with Crippen molar-refractivity contribution in [1.29, 1.82) is 0 Å². The molecule has 0 bridgehead atoms. The monoisotopic (exact) mass is 215 g/mol. The van der Waals surface area contributed by atoms with Crippen molar-refractivity contribution in [1.82, 2.24) is 0 Å². The van der Waals surface area contributed by atoms with E-state index in [-0.39, 0.29) is 22.7 Å². The molecule has 5 nitrogen and oxygen atoms in total. The van der Waals surface area contributed by atoms with E-state index in [1.54, 1.807) is 6.92 Å². The van der Waals surface area contributed by atoms with Gasteiger partial charge in [0, 0.05) is 5.38 Å². The van der Waals surface area contributed by atoms with Gasteiger partial charge in [-0.05, 0) is 6.92 Å². The molecule has 0 fully saturated rings. The van der Waals surface area contributed by atoms with Crippen LogP contribution >= 0.6 is 11.3 Å². The van der Waals surface area contributed by atoms with E-state index in [2.05, 4.69) is 0 Å². The minimum absolute atomic E-state index is 0.0269. The Labute approximate surface area is 84.1 Å². The van der Waals surface area contributed by atoms with Gasteiger partial charge in [-0.2, -0.15) is 0 Å². The SMILES string of the molecule is CCOC(=O)c1csc(C(=O)O)c1N. The first kappa shape index (κ1) is 10.5. The highest BCUT2D eigenvalue weighted by atomic mass is 32.1. The summed E-state index contributed by atoms with van der Waals surface area (Å²) in [7, 11) is 0. The Hall–Kier alpha value is -1.56. The van der Waals surface area contributed by atoms with E-state index in [4.69, 9.17) is 15.6 Å². The van der Waals surface area contributed by atoms with E-state index in [0.29, 0.717) is 0 Å². The van der Waals surface area contributed by atoms with E-state index in [9.17, 15) is 9.59 Å². The highest BCUT2D eigenvalue weighted by molar-refractivity contribution is 7.13. The fraction of sp³-hybridized carbons (Fsp3) is 0.250. The van der Waals surface area contributed by atoms with Crippen LogP contribution in [0.4, 0.5) is 5.69 Å². The van der Waals surface area contributed by atoms with Crippen molar-refractivity contribution in [2.24, 2.45) is 0 Å². The Balaban J connectivity index is 3.00. The summed E-state index contributed by atoms with van der Waals surface area (Å²) in [6.45, 7) is 1.90. The zero-order valence-corrected chi connectivity index (χ0v) is 8.26. The molecule has 1 rings (SSSR count). The van der Waals surface area contributed by atoms with Gasteiger partial charge < -0.3 is 15.6 Å². The van der Waals surface area contributed by atoms with Gasteiger partial charge in [0.25, 0.3) is 0 Å². The van der Waals surface area contributed by atoms with Gasteiger partial charge in [-0.25, -0.2) is 9.59 Å². The molecule has 0 spiro atoms. The number of esters is 1. The van der Waals surface area contributed by atoms with Gasteiger partial charge in [0.2, 0.25) is 0 Å². The van der Waals surface area contributed by atoms with E-state index < -0.39 is 11.9 Å². The number of nitrogen functional groups attached to an aromatic ring is 1. The Bertz CT molecular complexity index is 371. The lowest BCUT2D eigenvalue weighted by Crippen LogP contribution is -2.07. The number of carboxylic acid groups (broad SMARTS) is 1. The number of carbonyl (C=O) groups is 2. The fourth-order valence-electron chi connectivity index (χ4n) is 0.900. The van der Waals surface area contributed by atoms with Crippen molar-refractivity contribution in [3.05, 3.63) is 15.8 Å². The number of rotatable bonds is 3. The molecule has 76 valence electrons. The summed E-state index contributed by atoms with van der Waals surface area (Å²) in [6, 6.07) is 0. The first-order valence-electron chi connectivity index (χ1n) is 3.85. The molecule has 0 radical (unpaired) electrons. The average molecular weight is 215 g/mol. The van der Waals surface area contributed by atoms with Crippen LogP contribution in [0.1, 0.15) is 27.0 Å². The molecular formula is C8H9NO4S. The molecule has 1 aromatic rings. The average Bonchev–Trinajstić information content (AvgIpc) is 2.47. The lowest BCUT2D eigenvalue weighted by atomic mass is 10.2. The van der Waals surface area contributed by atoms with E-state index in [1.165, 1.54) is 5.38 Å². The van der Waals surface area contributed by atoms with Gasteiger partial charge in [0.1, 0.15) is 4.88 Å². The van der Waals surface area contributed by atoms with Gasteiger partial charge in [-0.3, -0.25) is 0 Å². The molecule has 0 amide bonds. The first-order chi connectivity index (χ1) is 6.57. The minimum atomic E-state index is -1.14. The number of hydrogen-bond donors (Lipinski definition) is 2. The highest BCUT2D eigenvalue weighted by Gasteiger charge is 2.19. The highest BCUT2D eigenvalue weighted by Crippen LogP contribution is 2.25. The maximum absolute atomic E-state index is 11.2. The quantitative estimate of drug-likeness (QED) is 0.739. The summed E-state index contributed by atoms with van der Waals surface area (Å²) in [6.07, 6.45) is 0. The molecule has 14 heavy (non-hydrogen) atoms. The lowest BCUT2D eigenvalue weighted by molar-refractivity contribution is 0.0528. The smallest absolute Gasteiger partial charge is 0.348 e. The van der Waals surface area contributed by atoms with E-state index in [0.717, 1.165) is 11.3 Å². The first-order valence-corrected chi connectivity index (χ1v) is 4.73. The second-order valence-corrected chi connectivity index (χ2v) is 3.30. The van der Waals surface area contributed by atoms with Crippen LogP contribution in [0.2, 0.25) is 0 Å². The minimum Gasteiger partial charge on any atom is -0.477 e. The Morgan fingerprint density at radius 1 is 1.64 bits per heavy atom. The Morgan fingerprint density at radius 2 is 2.29 bits per heavy atom. The van der Waals surface area contributed by atoms with E-state index in [1.807, 2.05) is 0 Å². The molecule has 0 saturated heterocycles. The van der Waals surface area contributed by atoms with E-state index >= 15 is 0 Å². The standard InChI is InChI=1S/C8H9NO4S/c1-2-13-8(12)4-3-14-6(5(4)9)7(10)11/h3H,2,9H2,1H3,(H,10,11). The molecule has 1 aromatic heterocycles. The van der Waals surface area contributed by atoms with Crippen LogP contribution in [-0.4, -0.2) is 23.7 Å². The van der Waals surface area contributed by atoms with Gasteiger partial charge >= 0.3 is 11.9 Å². The number of nitrogens with two attached hydrogens (primary N) is 1. The topological polar surface area (TPSA) is 89.6 Å². The molecule has 0 aliphatic heterocycles. The van der Waals surface area contributed by atoms with Crippen LogP contribution in [0.15, 0.2) is 5.38 Å². The zero-order chi connectivity index (χ0) is 10.7. The number of aromatic carboxylic acids is 1. The number of carboxylic acids is 1. The summed E-state index contributed by atoms with van der Waals surface area (Å²) in [4.78, 5) is 21.8. The number of ether oxygens (including phenoxy) is 1. The van der Waals surface area contributed by atoms with Crippen LogP contribution < -0.4 is 5.73 Å². The lowest BCUT2D eigenvalue weighted by Gasteiger charge is -1.99. The third kappa shape index (κ3) is 1.85. The molecule has 0 aliphatic rings. The molecule has 1 heterocycles. The van der Waals surface area contributed by atoms with Crippen LogP contribution in [0.25, 0.3) is 0 Å². The van der Waals surface area contributed by atoms with Crippen LogP contribution in [-0.2, 0) is 4.74 Å². The maximum Gasteiger partial charge on any atom is 0.348 e. The summed E-state index contributed by atoms with van der Waals surface area (Å²) in [5.41, 5.74) is 5.56. The molecule has 0 atom stereocenters. The Morgan fingerprint density at radius 3 is 2.71 bits per heavy atom. The predicted octanol–water partition coefficient (Wildman–Crippen LogP) is 1.21. The second-order valence-electron chi connectivity index (χ2n) is 2.42. The van der Waals surface area contributed by atoms with Crippen molar-refractivity contribution in [3.8, 4) is 0 Å². The van der Waals surface area contributed by atoms with Crippen molar-refractivity contribution in [3.63, 3.8) is 0 Å². The van der Waals surface area contributed by atoms with Crippen LogP contribution in [0.3, 0.4) is 0 Å². The third-order valence-electron chi connectivity index (χ3n) is 1.52. The molecule has 0 unspecified atom stereocenters. The molecule has 0 aliphatic carbocycles. The fourth-order valence-corrected chi connectivity index (χ4v) is 1.70. The summed E-state index contributed by atoms with van der Waals surface area (Å²) in [5, 5.41) is 10.1. The van der Waals surface area contributed by atoms with Crippen LogP contribution in [0, 0.1) is 0 Å². The van der Waals surface area contributed by atoms with Crippen molar-refractivity contribution >= 4 is 29.0 Å². The normalized spacial score (nSPS) is 9.79.